The number of hydrogen-bond acceptors (Lipinski definition) is 4. The molecule has 0 spiro atoms. The number of carbonyl (C=O) groups excluding carboxylic acids is 1. The van der Waals surface area contributed by atoms with E-state index in [0.717, 1.165) is 16.5 Å². The summed E-state index contributed by atoms with van der Waals surface area (Å²) in [6, 6.07) is 16.9. The molecule has 2 aromatic carbocycles. The number of nitrogens with zero attached hydrogens (tertiary/aromatic N) is 2. The van der Waals surface area contributed by atoms with Crippen LogP contribution in [-0.2, 0) is 11.2 Å². The standard InChI is InChI=1S/C21H16ClN3O2/c22-16-8-2-1-7-15(16)18-13-24-20(27-18)11-10-19(26)25-17-9-3-5-14-6-4-12-23-21(14)17/h1-9,12-13H,10-11H2,(H,25,26). The minimum absolute atomic E-state index is 0.120. The van der Waals surface area contributed by atoms with E-state index in [1.807, 2.05) is 48.5 Å². The van der Waals surface area contributed by atoms with Crippen LogP contribution in [0.5, 0.6) is 0 Å². The van der Waals surface area contributed by atoms with Gasteiger partial charge in [0.1, 0.15) is 0 Å². The van der Waals surface area contributed by atoms with Gasteiger partial charge in [-0.2, -0.15) is 0 Å². The Morgan fingerprint density at radius 3 is 2.78 bits per heavy atom. The van der Waals surface area contributed by atoms with Crippen LogP contribution in [0.15, 0.2) is 71.4 Å². The van der Waals surface area contributed by atoms with Gasteiger partial charge in [0.2, 0.25) is 5.91 Å². The Hall–Kier alpha value is -3.18. The van der Waals surface area contributed by atoms with Gasteiger partial charge in [-0.1, -0.05) is 41.9 Å². The Kier molecular flexibility index (Phi) is 4.85. The first-order valence-electron chi connectivity index (χ1n) is 8.54. The van der Waals surface area contributed by atoms with Crippen LogP contribution in [0.2, 0.25) is 5.02 Å². The molecule has 0 atom stereocenters. The van der Waals surface area contributed by atoms with E-state index in [1.54, 1.807) is 18.5 Å². The zero-order valence-electron chi connectivity index (χ0n) is 14.4. The van der Waals surface area contributed by atoms with Crippen molar-refractivity contribution in [3.05, 3.63) is 77.9 Å². The lowest BCUT2D eigenvalue weighted by molar-refractivity contribution is -0.116. The molecule has 0 saturated carbocycles. The molecule has 4 aromatic rings. The summed E-state index contributed by atoms with van der Waals surface area (Å²) in [7, 11) is 0. The molecule has 6 heteroatoms. The second kappa shape index (κ2) is 7.60. The molecule has 0 bridgehead atoms. The van der Waals surface area contributed by atoms with E-state index in [2.05, 4.69) is 15.3 Å². The fraction of sp³-hybridized carbons (Fsp3) is 0.0952. The first-order valence-corrected chi connectivity index (χ1v) is 8.92. The summed E-state index contributed by atoms with van der Waals surface area (Å²) in [4.78, 5) is 20.9. The first kappa shape index (κ1) is 17.2. The number of hydrogen-bond donors (Lipinski definition) is 1. The zero-order valence-corrected chi connectivity index (χ0v) is 15.1. The number of aryl methyl sites for hydroxylation is 1. The third kappa shape index (κ3) is 3.83. The van der Waals surface area contributed by atoms with Crippen molar-refractivity contribution in [3.8, 4) is 11.3 Å². The average Bonchev–Trinajstić information content (AvgIpc) is 3.16. The number of rotatable bonds is 5. The molecule has 1 amide bonds. The van der Waals surface area contributed by atoms with Crippen molar-refractivity contribution in [2.45, 2.75) is 12.8 Å². The van der Waals surface area contributed by atoms with Crippen LogP contribution in [0.1, 0.15) is 12.3 Å². The third-order valence-corrected chi connectivity index (χ3v) is 4.50. The molecule has 0 aliphatic rings. The Balaban J connectivity index is 1.42. The molecule has 2 heterocycles. The van der Waals surface area contributed by atoms with Crippen LogP contribution in [0.4, 0.5) is 5.69 Å². The monoisotopic (exact) mass is 377 g/mol. The normalized spacial score (nSPS) is 10.9. The van der Waals surface area contributed by atoms with Gasteiger partial charge >= 0.3 is 0 Å². The summed E-state index contributed by atoms with van der Waals surface area (Å²) in [6.45, 7) is 0. The fourth-order valence-corrected chi connectivity index (χ4v) is 3.08. The smallest absolute Gasteiger partial charge is 0.224 e. The topological polar surface area (TPSA) is 68.0 Å². The highest BCUT2D eigenvalue weighted by molar-refractivity contribution is 6.33. The van der Waals surface area contributed by atoms with Gasteiger partial charge in [-0.25, -0.2) is 4.98 Å². The lowest BCUT2D eigenvalue weighted by atomic mass is 10.2. The maximum absolute atomic E-state index is 12.3. The maximum Gasteiger partial charge on any atom is 0.224 e. The molecule has 4 rings (SSSR count). The number of oxazole rings is 1. The lowest BCUT2D eigenvalue weighted by Crippen LogP contribution is -2.12. The number of carbonyl (C=O) groups is 1. The molecule has 0 aliphatic carbocycles. The van der Waals surface area contributed by atoms with Crippen LogP contribution in [0.25, 0.3) is 22.2 Å². The number of amides is 1. The van der Waals surface area contributed by atoms with Crippen molar-refractivity contribution >= 4 is 34.1 Å². The molecule has 2 aromatic heterocycles. The highest BCUT2D eigenvalue weighted by Gasteiger charge is 2.12. The van der Waals surface area contributed by atoms with E-state index in [-0.39, 0.29) is 12.3 Å². The van der Waals surface area contributed by atoms with E-state index in [1.165, 1.54) is 0 Å². The highest BCUT2D eigenvalue weighted by atomic mass is 35.5. The maximum atomic E-state index is 12.3. The zero-order chi connectivity index (χ0) is 18.6. The number of halogens is 1. The summed E-state index contributed by atoms with van der Waals surface area (Å²) < 4.78 is 5.73. The Morgan fingerprint density at radius 2 is 1.89 bits per heavy atom. The van der Waals surface area contributed by atoms with Gasteiger partial charge in [-0.3, -0.25) is 9.78 Å². The summed E-state index contributed by atoms with van der Waals surface area (Å²) in [5.41, 5.74) is 2.25. The second-order valence-electron chi connectivity index (χ2n) is 6.03. The van der Waals surface area contributed by atoms with E-state index >= 15 is 0 Å². The van der Waals surface area contributed by atoms with Crippen LogP contribution >= 0.6 is 11.6 Å². The van der Waals surface area contributed by atoms with Crippen LogP contribution in [0, 0.1) is 0 Å². The van der Waals surface area contributed by atoms with Crippen LogP contribution < -0.4 is 5.32 Å². The molecule has 0 aliphatic heterocycles. The number of anilines is 1. The highest BCUT2D eigenvalue weighted by Crippen LogP contribution is 2.28. The van der Waals surface area contributed by atoms with E-state index in [0.29, 0.717) is 28.8 Å². The largest absolute Gasteiger partial charge is 0.441 e. The number of benzene rings is 2. The number of nitrogens with one attached hydrogen (secondary N) is 1. The molecular formula is C21H16ClN3O2. The van der Waals surface area contributed by atoms with Crippen LogP contribution in [0.3, 0.4) is 0 Å². The number of para-hydroxylation sites is 1. The summed E-state index contributed by atoms with van der Waals surface area (Å²) in [6.07, 6.45) is 3.99. The minimum Gasteiger partial charge on any atom is -0.441 e. The van der Waals surface area contributed by atoms with Crippen LogP contribution in [-0.4, -0.2) is 15.9 Å². The van der Waals surface area contributed by atoms with Crippen molar-refractivity contribution in [1.82, 2.24) is 9.97 Å². The SMILES string of the molecule is O=C(CCc1ncc(-c2ccccc2Cl)o1)Nc1cccc2cccnc12. The number of fused-ring (bicyclic) bond motifs is 1. The molecule has 0 unspecified atom stereocenters. The second-order valence-corrected chi connectivity index (χ2v) is 6.43. The number of aromatic nitrogens is 2. The van der Waals surface area contributed by atoms with Crippen molar-refractivity contribution < 1.29 is 9.21 Å². The van der Waals surface area contributed by atoms with E-state index in [4.69, 9.17) is 16.0 Å². The third-order valence-electron chi connectivity index (χ3n) is 4.17. The van der Waals surface area contributed by atoms with Gasteiger partial charge in [0.25, 0.3) is 0 Å². The summed E-state index contributed by atoms with van der Waals surface area (Å²) in [5.74, 6) is 0.969. The summed E-state index contributed by atoms with van der Waals surface area (Å²) in [5, 5.41) is 4.49. The predicted molar refractivity (Wildman–Crippen MR) is 106 cm³/mol. The molecule has 1 N–H and O–H groups in total. The predicted octanol–water partition coefficient (Wildman–Crippen LogP) is 5.11. The van der Waals surface area contributed by atoms with Gasteiger partial charge in [-0.05, 0) is 24.3 Å². The Morgan fingerprint density at radius 1 is 1.04 bits per heavy atom. The quantitative estimate of drug-likeness (QED) is 0.524. The molecule has 134 valence electrons. The van der Waals surface area contributed by atoms with Crippen molar-refractivity contribution in [3.63, 3.8) is 0 Å². The van der Waals surface area contributed by atoms with Gasteiger partial charge in [-0.15, -0.1) is 0 Å². The number of pyridine rings is 1. The van der Waals surface area contributed by atoms with E-state index < -0.39 is 0 Å². The van der Waals surface area contributed by atoms with Gasteiger partial charge < -0.3 is 9.73 Å². The molecular weight excluding hydrogens is 362 g/mol. The van der Waals surface area contributed by atoms with Crippen molar-refractivity contribution in [2.75, 3.05) is 5.32 Å². The minimum atomic E-state index is -0.120. The Bertz CT molecular complexity index is 1100. The molecule has 0 radical (unpaired) electrons. The van der Waals surface area contributed by atoms with Gasteiger partial charge in [0, 0.05) is 30.0 Å². The molecule has 27 heavy (non-hydrogen) atoms. The molecule has 0 fully saturated rings. The van der Waals surface area contributed by atoms with Gasteiger partial charge in [0.05, 0.1) is 22.4 Å². The fourth-order valence-electron chi connectivity index (χ4n) is 2.85. The molecule has 5 nitrogen and oxygen atoms in total. The van der Waals surface area contributed by atoms with Crippen molar-refractivity contribution in [1.29, 1.82) is 0 Å². The Labute approximate surface area is 161 Å². The first-order chi connectivity index (χ1) is 13.2. The average molecular weight is 378 g/mol. The summed E-state index contributed by atoms with van der Waals surface area (Å²) >= 11 is 6.18. The lowest BCUT2D eigenvalue weighted by Gasteiger charge is -2.07. The van der Waals surface area contributed by atoms with E-state index in [9.17, 15) is 4.79 Å². The van der Waals surface area contributed by atoms with Crippen molar-refractivity contribution in [2.24, 2.45) is 0 Å². The molecule has 0 saturated heterocycles. The van der Waals surface area contributed by atoms with Gasteiger partial charge in [0.15, 0.2) is 11.7 Å².